The lowest BCUT2D eigenvalue weighted by Crippen LogP contribution is -2.32. The molecule has 1 aliphatic carbocycles. The number of hydrogen-bond acceptors (Lipinski definition) is 2. The Morgan fingerprint density at radius 2 is 2.33 bits per heavy atom. The fourth-order valence-corrected chi connectivity index (χ4v) is 1.84. The molecule has 0 bridgehead atoms. The highest BCUT2D eigenvalue weighted by Gasteiger charge is 2.20. The molecule has 0 aromatic heterocycles. The van der Waals surface area contributed by atoms with E-state index in [4.69, 9.17) is 5.84 Å². The van der Waals surface area contributed by atoms with Crippen LogP contribution in [0.3, 0.4) is 0 Å². The van der Waals surface area contributed by atoms with Crippen molar-refractivity contribution in [2.24, 2.45) is 10.8 Å². The molecule has 0 spiro atoms. The van der Waals surface area contributed by atoms with Crippen LogP contribution in [0.25, 0.3) is 0 Å². The zero-order chi connectivity index (χ0) is 10.7. The van der Waals surface area contributed by atoms with Crippen molar-refractivity contribution >= 4 is 21.8 Å². The van der Waals surface area contributed by atoms with E-state index in [1.165, 1.54) is 18.4 Å². The SMILES string of the molecule is NNC(Cc1cccc(Br)c1)=NC1CC1. The number of nitrogens with zero attached hydrogens (tertiary/aromatic N) is 1. The molecular formula is C11H14BrN3. The molecule has 0 heterocycles. The largest absolute Gasteiger partial charge is 0.312 e. The second-order valence-corrected chi connectivity index (χ2v) is 4.67. The fraction of sp³-hybridized carbons (Fsp3) is 0.364. The van der Waals surface area contributed by atoms with Crippen LogP contribution in [0.15, 0.2) is 33.7 Å². The van der Waals surface area contributed by atoms with Crippen LogP contribution in [0.4, 0.5) is 0 Å². The summed E-state index contributed by atoms with van der Waals surface area (Å²) in [6.07, 6.45) is 3.17. The van der Waals surface area contributed by atoms with E-state index in [-0.39, 0.29) is 0 Å². The molecule has 3 nitrogen and oxygen atoms in total. The van der Waals surface area contributed by atoms with Crippen molar-refractivity contribution in [3.63, 3.8) is 0 Å². The Labute approximate surface area is 97.9 Å². The summed E-state index contributed by atoms with van der Waals surface area (Å²) in [5.41, 5.74) is 3.89. The number of nitrogens with one attached hydrogen (secondary N) is 1. The third-order valence-electron chi connectivity index (χ3n) is 2.31. The molecule has 0 saturated heterocycles. The van der Waals surface area contributed by atoms with E-state index in [0.717, 1.165) is 16.7 Å². The maximum Gasteiger partial charge on any atom is 0.115 e. The predicted octanol–water partition coefficient (Wildman–Crippen LogP) is 2.02. The summed E-state index contributed by atoms with van der Waals surface area (Å²) in [6, 6.07) is 8.69. The van der Waals surface area contributed by atoms with E-state index in [1.807, 2.05) is 12.1 Å². The van der Waals surface area contributed by atoms with Crippen LogP contribution >= 0.6 is 15.9 Å². The minimum absolute atomic E-state index is 0.503. The van der Waals surface area contributed by atoms with Gasteiger partial charge in [-0.15, -0.1) is 0 Å². The van der Waals surface area contributed by atoms with Crippen molar-refractivity contribution in [3.8, 4) is 0 Å². The summed E-state index contributed by atoms with van der Waals surface area (Å²) in [5.74, 6) is 6.31. The van der Waals surface area contributed by atoms with Gasteiger partial charge in [0.15, 0.2) is 0 Å². The fourth-order valence-electron chi connectivity index (χ4n) is 1.40. The van der Waals surface area contributed by atoms with Crippen LogP contribution in [0.5, 0.6) is 0 Å². The van der Waals surface area contributed by atoms with E-state index < -0.39 is 0 Å². The third-order valence-corrected chi connectivity index (χ3v) is 2.81. The normalized spacial score (nSPS) is 16.5. The highest BCUT2D eigenvalue weighted by Crippen LogP contribution is 2.23. The zero-order valence-electron chi connectivity index (χ0n) is 8.41. The molecule has 4 heteroatoms. The second kappa shape index (κ2) is 4.77. The Balaban J connectivity index is 2.05. The Morgan fingerprint density at radius 1 is 1.53 bits per heavy atom. The minimum atomic E-state index is 0.503. The second-order valence-electron chi connectivity index (χ2n) is 3.76. The quantitative estimate of drug-likeness (QED) is 0.381. The summed E-state index contributed by atoms with van der Waals surface area (Å²) in [7, 11) is 0. The van der Waals surface area contributed by atoms with Crippen LogP contribution in [0.1, 0.15) is 18.4 Å². The molecule has 15 heavy (non-hydrogen) atoms. The third kappa shape index (κ3) is 3.32. The van der Waals surface area contributed by atoms with E-state index in [9.17, 15) is 0 Å². The van der Waals surface area contributed by atoms with Crippen molar-refractivity contribution < 1.29 is 0 Å². The van der Waals surface area contributed by atoms with Crippen LogP contribution in [-0.4, -0.2) is 11.9 Å². The molecule has 1 aliphatic rings. The van der Waals surface area contributed by atoms with Gasteiger partial charge in [0.1, 0.15) is 5.84 Å². The van der Waals surface area contributed by atoms with Gasteiger partial charge in [-0.2, -0.15) is 0 Å². The predicted molar refractivity (Wildman–Crippen MR) is 65.6 cm³/mol. The number of hydrazine groups is 1. The molecule has 1 aromatic rings. The lowest BCUT2D eigenvalue weighted by molar-refractivity contribution is 0.940. The van der Waals surface area contributed by atoms with Crippen LogP contribution in [0.2, 0.25) is 0 Å². The van der Waals surface area contributed by atoms with E-state index in [2.05, 4.69) is 38.5 Å². The number of rotatable bonds is 3. The van der Waals surface area contributed by atoms with Crippen molar-refractivity contribution in [3.05, 3.63) is 34.3 Å². The van der Waals surface area contributed by atoms with Gasteiger partial charge < -0.3 is 5.43 Å². The lowest BCUT2D eigenvalue weighted by Gasteiger charge is -2.05. The first-order valence-electron chi connectivity index (χ1n) is 5.05. The number of aliphatic imine (C=N–C) groups is 1. The molecule has 3 N–H and O–H groups in total. The monoisotopic (exact) mass is 267 g/mol. The van der Waals surface area contributed by atoms with Crippen LogP contribution in [-0.2, 0) is 6.42 Å². The number of hydrogen-bond donors (Lipinski definition) is 2. The van der Waals surface area contributed by atoms with E-state index >= 15 is 0 Å². The summed E-state index contributed by atoms with van der Waals surface area (Å²) in [4.78, 5) is 4.50. The number of halogens is 1. The van der Waals surface area contributed by atoms with Crippen LogP contribution < -0.4 is 11.3 Å². The Kier molecular flexibility index (Phi) is 3.38. The summed E-state index contributed by atoms with van der Waals surface area (Å²) in [6.45, 7) is 0. The zero-order valence-corrected chi connectivity index (χ0v) is 10.00. The topological polar surface area (TPSA) is 50.4 Å². The molecule has 1 saturated carbocycles. The molecule has 0 atom stereocenters. The van der Waals surface area contributed by atoms with Gasteiger partial charge in [-0.05, 0) is 30.5 Å². The van der Waals surface area contributed by atoms with Gasteiger partial charge in [-0.3, -0.25) is 4.99 Å². The molecule has 1 aromatic carbocycles. The van der Waals surface area contributed by atoms with Gasteiger partial charge in [0.05, 0.1) is 6.04 Å². The van der Waals surface area contributed by atoms with Crippen molar-refractivity contribution in [2.75, 3.05) is 0 Å². The maximum absolute atomic E-state index is 5.44. The molecule has 0 aliphatic heterocycles. The number of amidine groups is 1. The lowest BCUT2D eigenvalue weighted by atomic mass is 10.1. The Bertz CT molecular complexity index is 372. The van der Waals surface area contributed by atoms with Gasteiger partial charge in [-0.1, -0.05) is 28.1 Å². The van der Waals surface area contributed by atoms with Gasteiger partial charge in [0.2, 0.25) is 0 Å². The van der Waals surface area contributed by atoms with Gasteiger partial charge in [0, 0.05) is 10.9 Å². The summed E-state index contributed by atoms with van der Waals surface area (Å²) in [5, 5.41) is 0. The first-order valence-corrected chi connectivity index (χ1v) is 5.85. The van der Waals surface area contributed by atoms with Crippen molar-refractivity contribution in [1.29, 1.82) is 0 Å². The first kappa shape index (κ1) is 10.6. The smallest absolute Gasteiger partial charge is 0.115 e. The highest BCUT2D eigenvalue weighted by molar-refractivity contribution is 9.10. The molecule has 0 unspecified atom stereocenters. The molecular weight excluding hydrogens is 254 g/mol. The van der Waals surface area contributed by atoms with Gasteiger partial charge in [-0.25, -0.2) is 5.84 Å². The average Bonchev–Trinajstić information content (AvgIpc) is 3.01. The molecule has 1 fully saturated rings. The van der Waals surface area contributed by atoms with E-state index in [0.29, 0.717) is 6.04 Å². The highest BCUT2D eigenvalue weighted by atomic mass is 79.9. The van der Waals surface area contributed by atoms with Gasteiger partial charge >= 0.3 is 0 Å². The van der Waals surface area contributed by atoms with Crippen molar-refractivity contribution in [2.45, 2.75) is 25.3 Å². The first-order chi connectivity index (χ1) is 7.28. The minimum Gasteiger partial charge on any atom is -0.312 e. The molecule has 0 radical (unpaired) electrons. The average molecular weight is 268 g/mol. The standard InChI is InChI=1S/C11H14BrN3/c12-9-3-1-2-8(6-9)7-11(15-13)14-10-4-5-10/h1-3,6,10H,4-5,7,13H2,(H,14,15). The van der Waals surface area contributed by atoms with E-state index in [1.54, 1.807) is 0 Å². The maximum atomic E-state index is 5.44. The number of benzene rings is 1. The molecule has 2 rings (SSSR count). The Morgan fingerprint density at radius 3 is 2.93 bits per heavy atom. The van der Waals surface area contributed by atoms with Gasteiger partial charge in [0.25, 0.3) is 0 Å². The Hall–Kier alpha value is -0.870. The van der Waals surface area contributed by atoms with Crippen LogP contribution in [0, 0.1) is 0 Å². The molecule has 80 valence electrons. The summed E-state index contributed by atoms with van der Waals surface area (Å²) >= 11 is 3.45. The van der Waals surface area contributed by atoms with Crippen molar-refractivity contribution in [1.82, 2.24) is 5.43 Å². The summed E-state index contributed by atoms with van der Waals surface area (Å²) < 4.78 is 1.09. The molecule has 0 amide bonds. The number of nitrogens with two attached hydrogens (primary N) is 1.